The van der Waals surface area contributed by atoms with Crippen LogP contribution < -0.4 is 26.5 Å². The van der Waals surface area contributed by atoms with E-state index in [9.17, 15) is 19.6 Å². The molecule has 0 aliphatic rings. The monoisotopic (exact) mass is 398 g/mol. The fourth-order valence-corrected chi connectivity index (χ4v) is 2.63. The van der Waals surface area contributed by atoms with E-state index in [1.165, 1.54) is 27.3 Å². The van der Waals surface area contributed by atoms with Crippen LogP contribution in [0.1, 0.15) is 29.3 Å². The highest BCUT2D eigenvalue weighted by atomic mass is 16.5. The van der Waals surface area contributed by atoms with Gasteiger partial charge < -0.3 is 15.2 Å². The van der Waals surface area contributed by atoms with Gasteiger partial charge in [-0.05, 0) is 30.2 Å². The van der Waals surface area contributed by atoms with Gasteiger partial charge in [0.1, 0.15) is 23.0 Å². The number of anilines is 1. The van der Waals surface area contributed by atoms with Crippen LogP contribution in [0.2, 0.25) is 0 Å². The minimum absolute atomic E-state index is 0.300. The van der Waals surface area contributed by atoms with Crippen LogP contribution in [0.25, 0.3) is 6.08 Å². The molecule has 2 rings (SSSR count). The number of aromatic nitrogens is 2. The van der Waals surface area contributed by atoms with Crippen molar-refractivity contribution in [2.45, 2.75) is 13.3 Å². The predicted octanol–water partition coefficient (Wildman–Crippen LogP) is 1.25. The molecule has 152 valence electrons. The van der Waals surface area contributed by atoms with E-state index in [0.29, 0.717) is 23.7 Å². The molecule has 0 unspecified atom stereocenters. The van der Waals surface area contributed by atoms with Crippen LogP contribution in [-0.2, 0) is 14.1 Å². The zero-order chi connectivity index (χ0) is 21.7. The van der Waals surface area contributed by atoms with E-state index in [1.54, 1.807) is 24.3 Å². The fourth-order valence-electron chi connectivity index (χ4n) is 2.63. The molecule has 0 aliphatic carbocycles. The van der Waals surface area contributed by atoms with Crippen LogP contribution in [0, 0.1) is 11.3 Å². The Kier molecular flexibility index (Phi) is 6.62. The van der Waals surface area contributed by atoms with E-state index in [1.807, 2.05) is 6.92 Å². The third kappa shape index (κ3) is 4.21. The van der Waals surface area contributed by atoms with Gasteiger partial charge in [0.2, 0.25) is 5.78 Å². The van der Waals surface area contributed by atoms with Gasteiger partial charge in [0.05, 0.1) is 13.7 Å². The van der Waals surface area contributed by atoms with Crippen LogP contribution >= 0.6 is 0 Å². The molecule has 0 radical (unpaired) electrons. The zero-order valence-corrected chi connectivity index (χ0v) is 16.7. The van der Waals surface area contributed by atoms with Crippen LogP contribution in [-0.4, -0.2) is 28.6 Å². The maximum absolute atomic E-state index is 12.9. The molecular weight excluding hydrogens is 376 g/mol. The number of hydrogen-bond acceptors (Lipinski definition) is 7. The van der Waals surface area contributed by atoms with Gasteiger partial charge in [-0.25, -0.2) is 4.79 Å². The minimum Gasteiger partial charge on any atom is -0.493 e. The second-order valence-electron chi connectivity index (χ2n) is 6.22. The Labute approximate surface area is 167 Å². The number of nitrogen functional groups attached to an aromatic ring is 1. The second kappa shape index (κ2) is 8.93. The first-order chi connectivity index (χ1) is 13.8. The Balaban J connectivity index is 2.57. The Morgan fingerprint density at radius 3 is 2.52 bits per heavy atom. The quantitative estimate of drug-likeness (QED) is 0.422. The number of carbonyl (C=O) groups is 1. The molecule has 0 bridgehead atoms. The number of nitrogens with zero attached hydrogens (tertiary/aromatic N) is 3. The summed E-state index contributed by atoms with van der Waals surface area (Å²) in [6, 6.07) is 6.71. The molecule has 1 heterocycles. The maximum atomic E-state index is 12.9. The fraction of sp³-hybridized carbons (Fsp3) is 0.300. The van der Waals surface area contributed by atoms with Crippen molar-refractivity contribution in [1.29, 1.82) is 5.26 Å². The lowest BCUT2D eigenvalue weighted by molar-refractivity contribution is 0.103. The molecule has 2 N–H and O–H groups in total. The average molecular weight is 398 g/mol. The topological polar surface area (TPSA) is 129 Å². The van der Waals surface area contributed by atoms with Crippen molar-refractivity contribution >= 4 is 17.7 Å². The molecule has 1 aromatic heterocycles. The lowest BCUT2D eigenvalue weighted by Gasteiger charge is -2.11. The normalized spacial score (nSPS) is 11.1. The van der Waals surface area contributed by atoms with E-state index < -0.39 is 22.6 Å². The Morgan fingerprint density at radius 1 is 1.24 bits per heavy atom. The summed E-state index contributed by atoms with van der Waals surface area (Å²) in [6.07, 6.45) is 2.12. The summed E-state index contributed by atoms with van der Waals surface area (Å²) in [5.41, 5.74) is 4.05. The lowest BCUT2D eigenvalue weighted by atomic mass is 10.0. The van der Waals surface area contributed by atoms with Gasteiger partial charge in [0, 0.05) is 14.1 Å². The molecule has 0 saturated heterocycles. The molecule has 0 saturated carbocycles. The second-order valence-corrected chi connectivity index (χ2v) is 6.22. The van der Waals surface area contributed by atoms with E-state index in [4.69, 9.17) is 15.2 Å². The largest absolute Gasteiger partial charge is 0.493 e. The lowest BCUT2D eigenvalue weighted by Crippen LogP contribution is -2.41. The average Bonchev–Trinajstić information content (AvgIpc) is 2.73. The van der Waals surface area contributed by atoms with Crippen molar-refractivity contribution in [2.24, 2.45) is 14.1 Å². The number of benzene rings is 1. The summed E-state index contributed by atoms with van der Waals surface area (Å²) in [5.74, 6) is -0.194. The summed E-state index contributed by atoms with van der Waals surface area (Å²) in [7, 11) is 4.08. The molecule has 2 aromatic rings. The molecular formula is C20H22N4O5. The number of hydrogen-bond donors (Lipinski definition) is 1. The van der Waals surface area contributed by atoms with Crippen molar-refractivity contribution in [1.82, 2.24) is 9.13 Å². The first-order valence-electron chi connectivity index (χ1n) is 8.79. The van der Waals surface area contributed by atoms with Crippen LogP contribution in [0.3, 0.4) is 0 Å². The van der Waals surface area contributed by atoms with Crippen LogP contribution in [0.15, 0.2) is 33.4 Å². The molecule has 0 aliphatic heterocycles. The molecule has 0 fully saturated rings. The third-order valence-corrected chi connectivity index (χ3v) is 4.26. The highest BCUT2D eigenvalue weighted by Gasteiger charge is 2.23. The van der Waals surface area contributed by atoms with Crippen molar-refractivity contribution in [3.05, 3.63) is 55.7 Å². The molecule has 29 heavy (non-hydrogen) atoms. The number of nitriles is 1. The first-order valence-corrected chi connectivity index (χ1v) is 8.79. The number of ether oxygens (including phenoxy) is 2. The van der Waals surface area contributed by atoms with Gasteiger partial charge in [-0.15, -0.1) is 0 Å². The highest BCUT2D eigenvalue weighted by molar-refractivity contribution is 6.16. The van der Waals surface area contributed by atoms with Crippen molar-refractivity contribution < 1.29 is 14.3 Å². The van der Waals surface area contributed by atoms with Gasteiger partial charge in [0.15, 0.2) is 11.5 Å². The standard InChI is InChI=1S/C20H22N4O5/c1-5-8-29-15-10-12(6-7-14(15)28-4)9-13(11-21)17(25)16-18(22)23(2)20(27)24(3)19(16)26/h6-7,9-10H,5,8,22H2,1-4H3/b13-9+. The van der Waals surface area contributed by atoms with Crippen LogP contribution in [0.5, 0.6) is 11.5 Å². The molecule has 0 amide bonds. The zero-order valence-electron chi connectivity index (χ0n) is 16.7. The number of rotatable bonds is 7. The summed E-state index contributed by atoms with van der Waals surface area (Å²) in [5, 5.41) is 9.49. The summed E-state index contributed by atoms with van der Waals surface area (Å²) in [6.45, 7) is 2.43. The molecule has 0 atom stereocenters. The van der Waals surface area contributed by atoms with E-state index in [0.717, 1.165) is 15.6 Å². The summed E-state index contributed by atoms with van der Waals surface area (Å²) >= 11 is 0. The third-order valence-electron chi connectivity index (χ3n) is 4.26. The van der Waals surface area contributed by atoms with Crippen LogP contribution in [0.4, 0.5) is 5.82 Å². The Morgan fingerprint density at radius 2 is 1.93 bits per heavy atom. The number of nitrogens with two attached hydrogens (primary N) is 1. The summed E-state index contributed by atoms with van der Waals surface area (Å²) in [4.78, 5) is 37.2. The van der Waals surface area contributed by atoms with Gasteiger partial charge in [-0.2, -0.15) is 5.26 Å². The number of carbonyl (C=O) groups excluding carboxylic acids is 1. The van der Waals surface area contributed by atoms with Gasteiger partial charge in [0.25, 0.3) is 5.56 Å². The van der Waals surface area contributed by atoms with E-state index in [-0.39, 0.29) is 11.4 Å². The van der Waals surface area contributed by atoms with Crippen molar-refractivity contribution in [3.63, 3.8) is 0 Å². The van der Waals surface area contributed by atoms with Crippen molar-refractivity contribution in [2.75, 3.05) is 19.5 Å². The predicted molar refractivity (Wildman–Crippen MR) is 108 cm³/mol. The van der Waals surface area contributed by atoms with Gasteiger partial charge in [-0.1, -0.05) is 13.0 Å². The first kappa shape index (κ1) is 21.5. The van der Waals surface area contributed by atoms with E-state index >= 15 is 0 Å². The van der Waals surface area contributed by atoms with E-state index in [2.05, 4.69) is 0 Å². The smallest absolute Gasteiger partial charge is 0.332 e. The van der Waals surface area contributed by atoms with Gasteiger partial charge in [-0.3, -0.25) is 18.7 Å². The molecule has 9 nitrogen and oxygen atoms in total. The van der Waals surface area contributed by atoms with Crippen molar-refractivity contribution in [3.8, 4) is 17.6 Å². The Hall–Kier alpha value is -3.80. The number of methoxy groups -OCH3 is 1. The SMILES string of the molecule is CCCOc1cc(/C=C(\C#N)C(=O)c2c(N)n(C)c(=O)n(C)c2=O)ccc1OC. The minimum atomic E-state index is -0.868. The molecule has 0 spiro atoms. The number of Topliss-reactive ketones (excluding diaryl/α,β-unsaturated/α-hetero) is 1. The number of allylic oxidation sites excluding steroid dienone is 1. The maximum Gasteiger partial charge on any atom is 0.332 e. The summed E-state index contributed by atoms with van der Waals surface area (Å²) < 4.78 is 12.6. The number of ketones is 1. The molecule has 1 aromatic carbocycles. The highest BCUT2D eigenvalue weighted by Crippen LogP contribution is 2.29. The van der Waals surface area contributed by atoms with Gasteiger partial charge >= 0.3 is 5.69 Å². The Bertz CT molecular complexity index is 1140. The molecule has 9 heteroatoms.